The quantitative estimate of drug-likeness (QED) is 0.902. The van der Waals surface area contributed by atoms with Crippen LogP contribution in [-0.4, -0.2) is 55.1 Å². The molecule has 21 heavy (non-hydrogen) atoms. The average molecular weight is 293 g/mol. The van der Waals surface area contributed by atoms with E-state index in [1.54, 1.807) is 7.11 Å². The molecule has 1 aliphatic heterocycles. The van der Waals surface area contributed by atoms with E-state index >= 15 is 0 Å². The van der Waals surface area contributed by atoms with E-state index in [1.807, 2.05) is 19.1 Å². The summed E-state index contributed by atoms with van der Waals surface area (Å²) in [6, 6.07) is 6.54. The van der Waals surface area contributed by atoms with Crippen LogP contribution < -0.4 is 4.74 Å². The monoisotopic (exact) mass is 293 g/mol. The molecule has 1 heterocycles. The Morgan fingerprint density at radius 2 is 2.19 bits per heavy atom. The molecule has 1 N–H and O–H groups in total. The van der Waals surface area contributed by atoms with Crippen molar-refractivity contribution in [2.45, 2.75) is 45.4 Å². The highest BCUT2D eigenvalue weighted by molar-refractivity contribution is 5.37. The molecule has 0 bridgehead atoms. The normalized spacial score (nSPS) is 21.5. The summed E-state index contributed by atoms with van der Waals surface area (Å²) in [5, 5.41) is 10.5. The van der Waals surface area contributed by atoms with E-state index in [0.29, 0.717) is 19.1 Å². The molecule has 0 aliphatic carbocycles. The Kier molecular flexibility index (Phi) is 5.62. The Balaban J connectivity index is 2.03. The van der Waals surface area contributed by atoms with Crippen LogP contribution in [0, 0.1) is 6.92 Å². The number of hydrogen-bond donors (Lipinski definition) is 1. The van der Waals surface area contributed by atoms with Gasteiger partial charge in [-0.15, -0.1) is 0 Å². The molecule has 1 aromatic rings. The van der Waals surface area contributed by atoms with Crippen molar-refractivity contribution in [2.24, 2.45) is 0 Å². The minimum atomic E-state index is -0.512. The number of aliphatic hydroxyl groups is 1. The number of nitrogens with zero attached hydrogens (tertiary/aromatic N) is 1. The lowest BCUT2D eigenvalue weighted by Crippen LogP contribution is -2.50. The zero-order valence-electron chi connectivity index (χ0n) is 13.5. The number of methoxy groups -OCH3 is 1. The van der Waals surface area contributed by atoms with Gasteiger partial charge in [-0.1, -0.05) is 17.7 Å². The van der Waals surface area contributed by atoms with Gasteiger partial charge >= 0.3 is 0 Å². The van der Waals surface area contributed by atoms with E-state index in [-0.39, 0.29) is 6.10 Å². The van der Waals surface area contributed by atoms with E-state index in [4.69, 9.17) is 9.47 Å². The van der Waals surface area contributed by atoms with Crippen LogP contribution in [0.15, 0.2) is 18.2 Å². The largest absolute Gasteiger partial charge is 0.496 e. The minimum absolute atomic E-state index is 0.133. The van der Waals surface area contributed by atoms with Crippen LogP contribution in [0.3, 0.4) is 0 Å². The predicted molar refractivity (Wildman–Crippen MR) is 83.9 cm³/mol. The Hall–Kier alpha value is -1.10. The van der Waals surface area contributed by atoms with E-state index in [0.717, 1.165) is 24.4 Å². The molecule has 2 rings (SSSR count). The maximum absolute atomic E-state index is 10.5. The fourth-order valence-corrected chi connectivity index (χ4v) is 2.82. The topological polar surface area (TPSA) is 41.9 Å². The van der Waals surface area contributed by atoms with Crippen molar-refractivity contribution in [2.75, 3.05) is 26.8 Å². The van der Waals surface area contributed by atoms with Crippen LogP contribution in [0.1, 0.15) is 25.0 Å². The molecule has 0 aromatic heterocycles. The number of aliphatic hydroxyl groups excluding tert-OH is 1. The van der Waals surface area contributed by atoms with Gasteiger partial charge in [-0.05, 0) is 32.4 Å². The van der Waals surface area contributed by atoms with Gasteiger partial charge in [0.05, 0.1) is 25.9 Å². The van der Waals surface area contributed by atoms with Crippen molar-refractivity contribution in [3.05, 3.63) is 29.3 Å². The summed E-state index contributed by atoms with van der Waals surface area (Å²) in [5.74, 6) is 0.830. The van der Waals surface area contributed by atoms with Gasteiger partial charge in [0.2, 0.25) is 0 Å². The molecular weight excluding hydrogens is 266 g/mol. The lowest BCUT2D eigenvalue weighted by atomic mass is 10.00. The summed E-state index contributed by atoms with van der Waals surface area (Å²) in [6.45, 7) is 8.82. The van der Waals surface area contributed by atoms with Gasteiger partial charge in [-0.2, -0.15) is 0 Å². The maximum Gasteiger partial charge on any atom is 0.122 e. The molecule has 1 aliphatic rings. The van der Waals surface area contributed by atoms with Gasteiger partial charge in [0.25, 0.3) is 0 Å². The van der Waals surface area contributed by atoms with E-state index in [2.05, 4.69) is 24.8 Å². The molecule has 1 saturated heterocycles. The van der Waals surface area contributed by atoms with Gasteiger partial charge < -0.3 is 14.6 Å². The molecule has 1 aromatic carbocycles. The lowest BCUT2D eigenvalue weighted by molar-refractivity contribution is -0.0941. The fourth-order valence-electron chi connectivity index (χ4n) is 2.82. The van der Waals surface area contributed by atoms with Crippen LogP contribution in [0.5, 0.6) is 5.75 Å². The first-order valence-corrected chi connectivity index (χ1v) is 7.68. The molecule has 0 amide bonds. The molecule has 0 saturated carbocycles. The van der Waals surface area contributed by atoms with E-state index in [1.165, 1.54) is 5.56 Å². The summed E-state index contributed by atoms with van der Waals surface area (Å²) < 4.78 is 11.1. The Bertz CT molecular complexity index is 461. The first kappa shape index (κ1) is 16.3. The van der Waals surface area contributed by atoms with Gasteiger partial charge in [0.15, 0.2) is 0 Å². The Morgan fingerprint density at radius 3 is 2.86 bits per heavy atom. The number of aryl methyl sites for hydroxylation is 1. The third-order valence-electron chi connectivity index (χ3n) is 4.15. The van der Waals surface area contributed by atoms with Crippen molar-refractivity contribution >= 4 is 0 Å². The van der Waals surface area contributed by atoms with Crippen LogP contribution in [0.4, 0.5) is 0 Å². The number of rotatable bonds is 5. The van der Waals surface area contributed by atoms with Crippen LogP contribution in [0.2, 0.25) is 0 Å². The Morgan fingerprint density at radius 1 is 1.43 bits per heavy atom. The zero-order valence-corrected chi connectivity index (χ0v) is 13.5. The number of morpholine rings is 1. The van der Waals surface area contributed by atoms with Crippen molar-refractivity contribution < 1.29 is 14.6 Å². The highest BCUT2D eigenvalue weighted by Crippen LogP contribution is 2.23. The van der Waals surface area contributed by atoms with Crippen LogP contribution >= 0.6 is 0 Å². The molecule has 4 heteroatoms. The second-order valence-corrected chi connectivity index (χ2v) is 6.08. The summed E-state index contributed by atoms with van der Waals surface area (Å²) >= 11 is 0. The average Bonchev–Trinajstić information content (AvgIpc) is 2.47. The molecule has 0 spiro atoms. The third-order valence-corrected chi connectivity index (χ3v) is 4.15. The maximum atomic E-state index is 10.5. The summed E-state index contributed by atoms with van der Waals surface area (Å²) in [5.41, 5.74) is 2.21. The van der Waals surface area contributed by atoms with Crippen molar-refractivity contribution in [3.8, 4) is 5.75 Å². The second-order valence-electron chi connectivity index (χ2n) is 6.08. The second kappa shape index (κ2) is 7.25. The molecule has 118 valence electrons. The standard InChI is InChI=1S/C17H27NO3/c1-12(2)18-7-8-21-17(11-18)15(19)10-14-9-13(3)5-6-16(14)20-4/h5-6,9,12,15,17,19H,7-8,10-11H2,1-4H3. The smallest absolute Gasteiger partial charge is 0.122 e. The third kappa shape index (κ3) is 4.19. The molecule has 1 fully saturated rings. The highest BCUT2D eigenvalue weighted by Gasteiger charge is 2.28. The molecular formula is C17H27NO3. The molecule has 4 nitrogen and oxygen atoms in total. The minimum Gasteiger partial charge on any atom is -0.496 e. The summed E-state index contributed by atoms with van der Waals surface area (Å²) in [4.78, 5) is 2.35. The predicted octanol–water partition coefficient (Wildman–Crippen LogP) is 2.02. The Labute approximate surface area is 127 Å². The first-order chi connectivity index (χ1) is 10.0. The molecule has 2 atom stereocenters. The number of benzene rings is 1. The van der Waals surface area contributed by atoms with Crippen molar-refractivity contribution in [1.82, 2.24) is 4.90 Å². The highest BCUT2D eigenvalue weighted by atomic mass is 16.5. The van der Waals surface area contributed by atoms with Gasteiger partial charge in [0.1, 0.15) is 5.75 Å². The van der Waals surface area contributed by atoms with Crippen LogP contribution in [-0.2, 0) is 11.2 Å². The summed E-state index contributed by atoms with van der Waals surface area (Å²) in [6.07, 6.45) is -0.0878. The van der Waals surface area contributed by atoms with Gasteiger partial charge in [-0.25, -0.2) is 0 Å². The van der Waals surface area contributed by atoms with Gasteiger partial charge in [0, 0.05) is 25.6 Å². The van der Waals surface area contributed by atoms with Crippen LogP contribution in [0.25, 0.3) is 0 Å². The molecule has 2 unspecified atom stereocenters. The number of ether oxygens (including phenoxy) is 2. The van der Waals surface area contributed by atoms with Gasteiger partial charge in [-0.3, -0.25) is 4.90 Å². The fraction of sp³-hybridized carbons (Fsp3) is 0.647. The SMILES string of the molecule is COc1ccc(C)cc1CC(O)C1CN(C(C)C)CCO1. The molecule has 0 radical (unpaired) electrons. The zero-order chi connectivity index (χ0) is 15.4. The lowest BCUT2D eigenvalue weighted by Gasteiger charge is -2.37. The number of hydrogen-bond acceptors (Lipinski definition) is 4. The van der Waals surface area contributed by atoms with Crippen molar-refractivity contribution in [1.29, 1.82) is 0 Å². The summed E-state index contributed by atoms with van der Waals surface area (Å²) in [7, 11) is 1.66. The first-order valence-electron chi connectivity index (χ1n) is 7.68. The van der Waals surface area contributed by atoms with E-state index in [9.17, 15) is 5.11 Å². The van der Waals surface area contributed by atoms with Crippen molar-refractivity contribution in [3.63, 3.8) is 0 Å². The van der Waals surface area contributed by atoms with E-state index < -0.39 is 6.10 Å².